The summed E-state index contributed by atoms with van der Waals surface area (Å²) in [7, 11) is 4.04. The van der Waals surface area contributed by atoms with E-state index in [1.807, 2.05) is 11.9 Å². The van der Waals surface area contributed by atoms with E-state index in [-0.39, 0.29) is 11.7 Å². The zero-order valence-electron chi connectivity index (χ0n) is 14.3. The lowest BCUT2D eigenvalue weighted by atomic mass is 10.0. The summed E-state index contributed by atoms with van der Waals surface area (Å²) in [5.74, 6) is -0.524. The quantitative estimate of drug-likeness (QED) is 0.624. The number of nitrogens with zero attached hydrogens (tertiary/aromatic N) is 4. The minimum Gasteiger partial charge on any atom is -0.368 e. The maximum Gasteiger partial charge on any atom is 0.272 e. The number of likely N-dealkylation sites (N-methyl/N-ethyl adjacent to an activating group) is 1. The number of halogens is 1. The highest BCUT2D eigenvalue weighted by molar-refractivity contribution is 5.52. The Bertz CT molecular complexity index is 604. The number of benzene rings is 1. The molecule has 1 aromatic carbocycles. The summed E-state index contributed by atoms with van der Waals surface area (Å²) in [6.07, 6.45) is 3.39. The van der Waals surface area contributed by atoms with Crippen molar-refractivity contribution >= 4 is 11.4 Å². The molecule has 1 aromatic rings. The molecule has 7 heteroatoms. The molecule has 0 saturated carbocycles. The molecule has 2 fully saturated rings. The van der Waals surface area contributed by atoms with Crippen LogP contribution in [0, 0.1) is 15.9 Å². The van der Waals surface area contributed by atoms with Crippen LogP contribution in [0.5, 0.6) is 0 Å². The number of hydrogen-bond donors (Lipinski definition) is 0. The van der Waals surface area contributed by atoms with Gasteiger partial charge in [-0.2, -0.15) is 0 Å². The van der Waals surface area contributed by atoms with Gasteiger partial charge in [0.2, 0.25) is 0 Å². The molecule has 132 valence electrons. The van der Waals surface area contributed by atoms with Crippen LogP contribution < -0.4 is 4.90 Å². The molecule has 0 spiro atoms. The van der Waals surface area contributed by atoms with Crippen LogP contribution in [0.2, 0.25) is 0 Å². The molecular formula is C17H25FN4O2. The number of piperidine rings is 1. The highest BCUT2D eigenvalue weighted by Crippen LogP contribution is 2.29. The van der Waals surface area contributed by atoms with Gasteiger partial charge in [0.05, 0.1) is 16.7 Å². The van der Waals surface area contributed by atoms with Gasteiger partial charge in [-0.3, -0.25) is 15.0 Å². The van der Waals surface area contributed by atoms with E-state index in [0.717, 1.165) is 38.7 Å². The Labute approximate surface area is 142 Å². The maximum absolute atomic E-state index is 14.2. The first-order valence-corrected chi connectivity index (χ1v) is 8.55. The molecule has 2 saturated heterocycles. The van der Waals surface area contributed by atoms with Gasteiger partial charge in [0.15, 0.2) is 5.82 Å². The lowest BCUT2D eigenvalue weighted by Gasteiger charge is -2.35. The molecule has 0 aliphatic carbocycles. The molecule has 2 aliphatic heterocycles. The van der Waals surface area contributed by atoms with E-state index in [1.54, 1.807) is 0 Å². The van der Waals surface area contributed by atoms with E-state index >= 15 is 0 Å². The molecule has 0 bridgehead atoms. The van der Waals surface area contributed by atoms with Crippen LogP contribution in [-0.2, 0) is 0 Å². The first-order chi connectivity index (χ1) is 11.5. The molecule has 0 unspecified atom stereocenters. The van der Waals surface area contributed by atoms with E-state index in [0.29, 0.717) is 11.7 Å². The number of nitro groups is 1. The largest absolute Gasteiger partial charge is 0.368 e. The van der Waals surface area contributed by atoms with Crippen molar-refractivity contribution in [2.75, 3.05) is 45.2 Å². The van der Waals surface area contributed by atoms with Crippen molar-refractivity contribution in [1.82, 2.24) is 9.80 Å². The van der Waals surface area contributed by atoms with Crippen molar-refractivity contribution in [3.63, 3.8) is 0 Å². The van der Waals surface area contributed by atoms with Crippen molar-refractivity contribution < 1.29 is 9.31 Å². The van der Waals surface area contributed by atoms with E-state index in [9.17, 15) is 14.5 Å². The van der Waals surface area contributed by atoms with Crippen molar-refractivity contribution in [1.29, 1.82) is 0 Å². The molecule has 1 atom stereocenters. The minimum absolute atomic E-state index is 0.205. The summed E-state index contributed by atoms with van der Waals surface area (Å²) in [6.45, 7) is 4.25. The fourth-order valence-corrected chi connectivity index (χ4v) is 3.87. The Hall–Kier alpha value is -1.73. The van der Waals surface area contributed by atoms with Gasteiger partial charge < -0.3 is 9.80 Å². The molecule has 0 N–H and O–H groups in total. The predicted octanol–water partition coefficient (Wildman–Crippen LogP) is 2.34. The van der Waals surface area contributed by atoms with Crippen LogP contribution in [0.4, 0.5) is 15.8 Å². The Morgan fingerprint density at radius 2 is 1.96 bits per heavy atom. The van der Waals surface area contributed by atoms with Gasteiger partial charge in [-0.1, -0.05) is 0 Å². The zero-order chi connectivity index (χ0) is 17.3. The Morgan fingerprint density at radius 3 is 2.58 bits per heavy atom. The van der Waals surface area contributed by atoms with Crippen LogP contribution in [-0.4, -0.2) is 67.1 Å². The van der Waals surface area contributed by atoms with Crippen LogP contribution in [0.25, 0.3) is 0 Å². The number of nitro benzene ring substituents is 1. The average molecular weight is 336 g/mol. The first-order valence-electron chi connectivity index (χ1n) is 8.55. The van der Waals surface area contributed by atoms with Crippen molar-refractivity contribution in [3.05, 3.63) is 34.1 Å². The Balaban J connectivity index is 1.64. The Morgan fingerprint density at radius 1 is 1.25 bits per heavy atom. The van der Waals surface area contributed by atoms with Gasteiger partial charge in [-0.15, -0.1) is 0 Å². The van der Waals surface area contributed by atoms with Crippen LogP contribution >= 0.6 is 0 Å². The van der Waals surface area contributed by atoms with Crippen LogP contribution in [0.1, 0.15) is 19.3 Å². The highest BCUT2D eigenvalue weighted by Gasteiger charge is 2.32. The summed E-state index contributed by atoms with van der Waals surface area (Å²) >= 11 is 0. The summed E-state index contributed by atoms with van der Waals surface area (Å²) in [5, 5.41) is 10.7. The number of likely N-dealkylation sites (tertiary alicyclic amines) is 2. The van der Waals surface area contributed by atoms with E-state index in [1.165, 1.54) is 25.0 Å². The SMILES string of the molecule is CN1CCC(N2CC[C@@H](N(C)c3ccc([N+](=O)[O-])cc3F)C2)CC1. The molecule has 2 aliphatic rings. The molecule has 3 rings (SSSR count). The van der Waals surface area contributed by atoms with Gasteiger partial charge in [-0.05, 0) is 45.5 Å². The first kappa shape index (κ1) is 17.1. The molecule has 6 nitrogen and oxygen atoms in total. The molecular weight excluding hydrogens is 311 g/mol. The molecule has 2 heterocycles. The second-order valence-electron chi connectivity index (χ2n) is 6.98. The van der Waals surface area contributed by atoms with Crippen molar-refractivity contribution in [3.8, 4) is 0 Å². The number of rotatable bonds is 4. The average Bonchev–Trinajstić information content (AvgIpc) is 3.04. The van der Waals surface area contributed by atoms with Gasteiger partial charge in [0.1, 0.15) is 0 Å². The summed E-state index contributed by atoms with van der Waals surface area (Å²) in [5.41, 5.74) is 0.236. The van der Waals surface area contributed by atoms with Crippen LogP contribution in [0.15, 0.2) is 18.2 Å². The fourth-order valence-electron chi connectivity index (χ4n) is 3.87. The highest BCUT2D eigenvalue weighted by atomic mass is 19.1. The van der Waals surface area contributed by atoms with Gasteiger partial charge in [0, 0.05) is 38.3 Å². The fraction of sp³-hybridized carbons (Fsp3) is 0.647. The zero-order valence-corrected chi connectivity index (χ0v) is 14.3. The van der Waals surface area contributed by atoms with Crippen LogP contribution in [0.3, 0.4) is 0 Å². The second kappa shape index (κ2) is 7.03. The molecule has 0 amide bonds. The molecule has 0 radical (unpaired) electrons. The minimum atomic E-state index is -0.565. The van der Waals surface area contributed by atoms with E-state index in [4.69, 9.17) is 0 Å². The smallest absolute Gasteiger partial charge is 0.272 e. The van der Waals surface area contributed by atoms with Gasteiger partial charge >= 0.3 is 0 Å². The molecule has 0 aromatic heterocycles. The van der Waals surface area contributed by atoms with E-state index in [2.05, 4.69) is 16.8 Å². The Kier molecular flexibility index (Phi) is 5.01. The normalized spacial score (nSPS) is 23.5. The van der Waals surface area contributed by atoms with Gasteiger partial charge in [0.25, 0.3) is 5.69 Å². The third-order valence-electron chi connectivity index (χ3n) is 5.47. The lowest BCUT2D eigenvalue weighted by molar-refractivity contribution is -0.385. The monoisotopic (exact) mass is 336 g/mol. The summed E-state index contributed by atoms with van der Waals surface area (Å²) < 4.78 is 14.2. The second-order valence-corrected chi connectivity index (χ2v) is 6.98. The standard InChI is InChI=1S/C17H25FN4O2/c1-19-8-5-13(6-9-19)21-10-7-15(12-21)20(2)17-4-3-14(22(23)24)11-16(17)18/h3-4,11,13,15H,5-10,12H2,1-2H3/t15-/m1/s1. The third kappa shape index (κ3) is 3.52. The number of hydrogen-bond acceptors (Lipinski definition) is 5. The summed E-state index contributed by atoms with van der Waals surface area (Å²) in [6, 6.07) is 4.78. The molecule has 24 heavy (non-hydrogen) atoms. The topological polar surface area (TPSA) is 52.9 Å². The lowest BCUT2D eigenvalue weighted by Crippen LogP contribution is -2.44. The van der Waals surface area contributed by atoms with E-state index < -0.39 is 10.7 Å². The maximum atomic E-state index is 14.2. The number of anilines is 1. The van der Waals surface area contributed by atoms with Gasteiger partial charge in [-0.25, -0.2) is 4.39 Å². The summed E-state index contributed by atoms with van der Waals surface area (Å²) in [4.78, 5) is 17.0. The third-order valence-corrected chi connectivity index (χ3v) is 5.47. The van der Waals surface area contributed by atoms with Crippen molar-refractivity contribution in [2.45, 2.75) is 31.3 Å². The number of non-ortho nitro benzene ring substituents is 1. The van der Waals surface area contributed by atoms with Crippen molar-refractivity contribution in [2.24, 2.45) is 0 Å². The predicted molar refractivity (Wildman–Crippen MR) is 92.0 cm³/mol.